The summed E-state index contributed by atoms with van der Waals surface area (Å²) < 4.78 is 5.61. The van der Waals surface area contributed by atoms with Crippen molar-refractivity contribution < 1.29 is 24.2 Å². The van der Waals surface area contributed by atoms with Gasteiger partial charge in [-0.2, -0.15) is 0 Å². The average Bonchev–Trinajstić information content (AvgIpc) is 3.52. The minimum absolute atomic E-state index is 0.0535. The summed E-state index contributed by atoms with van der Waals surface area (Å²) in [7, 11) is 0. The first kappa shape index (κ1) is 22.4. The highest BCUT2D eigenvalue weighted by Crippen LogP contribution is 2.49. The van der Waals surface area contributed by atoms with E-state index < -0.39 is 23.5 Å². The van der Waals surface area contributed by atoms with Gasteiger partial charge < -0.3 is 20.1 Å². The number of hydrogen-bond acceptors (Lipinski definition) is 4. The summed E-state index contributed by atoms with van der Waals surface area (Å²) in [6.07, 6.45) is 2.36. The van der Waals surface area contributed by atoms with Crippen LogP contribution in [0.4, 0.5) is 4.79 Å². The molecule has 1 heterocycles. The topological polar surface area (TPSA) is 95.9 Å². The number of nitrogens with zero attached hydrogens (tertiary/aromatic N) is 1. The van der Waals surface area contributed by atoms with Gasteiger partial charge in [0.15, 0.2) is 0 Å². The zero-order valence-corrected chi connectivity index (χ0v) is 19.3. The van der Waals surface area contributed by atoms with Crippen LogP contribution in [-0.4, -0.2) is 53.2 Å². The third kappa shape index (κ3) is 3.54. The maximum Gasteiger partial charge on any atom is 0.407 e. The monoisotopic (exact) mass is 462 g/mol. The number of ether oxygens (including phenoxy) is 1. The SMILES string of the molecule is CCC(NC(=O)OCC1c2ccccc2-c2ccccc21)C(=O)N1CCC2(C(=O)O)CCCC12. The smallest absolute Gasteiger partial charge is 0.407 e. The van der Waals surface area contributed by atoms with Crippen molar-refractivity contribution in [1.29, 1.82) is 0 Å². The molecule has 1 saturated heterocycles. The zero-order chi connectivity index (χ0) is 23.9. The molecule has 0 bridgehead atoms. The van der Waals surface area contributed by atoms with Crippen LogP contribution in [0.5, 0.6) is 0 Å². The number of likely N-dealkylation sites (tertiary alicyclic amines) is 1. The number of benzene rings is 2. The summed E-state index contributed by atoms with van der Waals surface area (Å²) in [4.78, 5) is 39.6. The van der Waals surface area contributed by atoms with E-state index in [0.29, 0.717) is 32.2 Å². The Morgan fingerprint density at radius 3 is 2.35 bits per heavy atom. The molecule has 7 heteroatoms. The summed E-state index contributed by atoms with van der Waals surface area (Å²) >= 11 is 0. The molecule has 1 aliphatic heterocycles. The summed E-state index contributed by atoms with van der Waals surface area (Å²) in [6, 6.07) is 15.2. The van der Waals surface area contributed by atoms with Gasteiger partial charge in [-0.3, -0.25) is 9.59 Å². The number of carboxylic acid groups (broad SMARTS) is 1. The first-order valence-corrected chi connectivity index (χ1v) is 12.1. The average molecular weight is 463 g/mol. The van der Waals surface area contributed by atoms with E-state index in [1.807, 2.05) is 31.2 Å². The summed E-state index contributed by atoms with van der Waals surface area (Å²) in [5.74, 6) is -1.09. The molecule has 2 amide bonds. The first-order chi connectivity index (χ1) is 16.5. The van der Waals surface area contributed by atoms with Crippen molar-refractivity contribution in [2.75, 3.05) is 13.2 Å². The van der Waals surface area contributed by atoms with E-state index in [9.17, 15) is 19.5 Å². The number of hydrogen-bond donors (Lipinski definition) is 2. The van der Waals surface area contributed by atoms with Crippen molar-refractivity contribution in [1.82, 2.24) is 10.2 Å². The van der Waals surface area contributed by atoms with Crippen molar-refractivity contribution in [3.63, 3.8) is 0 Å². The van der Waals surface area contributed by atoms with Crippen LogP contribution in [0.2, 0.25) is 0 Å². The van der Waals surface area contributed by atoms with E-state index in [4.69, 9.17) is 4.74 Å². The Hall–Kier alpha value is -3.35. The van der Waals surface area contributed by atoms with Crippen LogP contribution in [0, 0.1) is 5.41 Å². The normalized spacial score (nSPS) is 23.7. The highest BCUT2D eigenvalue weighted by molar-refractivity contribution is 5.88. The number of amides is 2. The lowest BCUT2D eigenvalue weighted by Gasteiger charge is -2.31. The van der Waals surface area contributed by atoms with Gasteiger partial charge in [-0.15, -0.1) is 0 Å². The highest BCUT2D eigenvalue weighted by atomic mass is 16.5. The Morgan fingerprint density at radius 1 is 1.09 bits per heavy atom. The molecule has 0 radical (unpaired) electrons. The van der Waals surface area contributed by atoms with Gasteiger partial charge in [0.2, 0.25) is 5.91 Å². The van der Waals surface area contributed by atoms with Crippen LogP contribution in [0.1, 0.15) is 56.1 Å². The maximum atomic E-state index is 13.3. The molecule has 1 saturated carbocycles. The molecule has 7 nitrogen and oxygen atoms in total. The fourth-order valence-corrected chi connectivity index (χ4v) is 6.22. The second-order valence-electron chi connectivity index (χ2n) is 9.58. The Morgan fingerprint density at radius 2 is 1.74 bits per heavy atom. The second-order valence-corrected chi connectivity index (χ2v) is 9.58. The van der Waals surface area contributed by atoms with E-state index in [2.05, 4.69) is 29.6 Å². The van der Waals surface area contributed by atoms with Gasteiger partial charge in [-0.05, 0) is 47.9 Å². The summed E-state index contributed by atoms with van der Waals surface area (Å²) in [5.41, 5.74) is 3.73. The molecule has 2 N–H and O–H groups in total. The Balaban J connectivity index is 1.24. The zero-order valence-electron chi connectivity index (χ0n) is 19.3. The van der Waals surface area contributed by atoms with Gasteiger partial charge in [-0.1, -0.05) is 61.9 Å². The molecule has 2 aliphatic carbocycles. The van der Waals surface area contributed by atoms with Crippen LogP contribution < -0.4 is 5.32 Å². The van der Waals surface area contributed by atoms with Gasteiger partial charge in [0.25, 0.3) is 0 Å². The van der Waals surface area contributed by atoms with Gasteiger partial charge in [0, 0.05) is 18.5 Å². The minimum Gasteiger partial charge on any atom is -0.481 e. The Bertz CT molecular complexity index is 1090. The second kappa shape index (κ2) is 8.78. The summed E-state index contributed by atoms with van der Waals surface area (Å²) in [5, 5.41) is 12.5. The summed E-state index contributed by atoms with van der Waals surface area (Å²) in [6.45, 7) is 2.43. The molecule has 2 fully saturated rings. The van der Waals surface area contributed by atoms with E-state index in [0.717, 1.165) is 28.7 Å². The predicted octanol–water partition coefficient (Wildman–Crippen LogP) is 4.16. The Labute approximate surface area is 199 Å². The third-order valence-corrected chi connectivity index (χ3v) is 7.96. The van der Waals surface area contributed by atoms with Crippen molar-refractivity contribution in [3.8, 4) is 11.1 Å². The lowest BCUT2D eigenvalue weighted by molar-refractivity contribution is -0.150. The fraction of sp³-hybridized carbons (Fsp3) is 0.444. The number of aliphatic carboxylic acids is 1. The molecule has 0 aromatic heterocycles. The van der Waals surface area contributed by atoms with Crippen LogP contribution in [0.15, 0.2) is 48.5 Å². The third-order valence-electron chi connectivity index (χ3n) is 7.96. The molecule has 3 unspecified atom stereocenters. The van der Waals surface area contributed by atoms with Crippen molar-refractivity contribution in [2.45, 2.75) is 57.0 Å². The first-order valence-electron chi connectivity index (χ1n) is 12.1. The number of nitrogens with one attached hydrogen (secondary N) is 1. The standard InChI is InChI=1S/C27H30N2O5/c1-2-22(24(30)29-15-14-27(25(31)32)13-7-12-23(27)29)28-26(33)34-16-21-19-10-5-3-8-17(19)18-9-4-6-11-20(18)21/h3-6,8-11,21-23H,2,7,12-16H2,1H3,(H,28,33)(H,31,32). The number of carbonyl (C=O) groups is 3. The number of carboxylic acids is 1. The van der Waals surface area contributed by atoms with Crippen LogP contribution in [0.3, 0.4) is 0 Å². The number of alkyl carbamates (subject to hydrolysis) is 1. The van der Waals surface area contributed by atoms with Crippen molar-refractivity contribution in [3.05, 3.63) is 59.7 Å². The fourth-order valence-electron chi connectivity index (χ4n) is 6.22. The molecule has 3 atom stereocenters. The molecule has 3 aliphatic rings. The molecule has 178 valence electrons. The van der Waals surface area contributed by atoms with Crippen LogP contribution >= 0.6 is 0 Å². The maximum absolute atomic E-state index is 13.3. The molecule has 0 spiro atoms. The van der Waals surface area contributed by atoms with Crippen LogP contribution in [0.25, 0.3) is 11.1 Å². The van der Waals surface area contributed by atoms with Crippen LogP contribution in [-0.2, 0) is 14.3 Å². The van der Waals surface area contributed by atoms with E-state index in [-0.39, 0.29) is 24.5 Å². The molecule has 5 rings (SSSR count). The minimum atomic E-state index is -0.836. The van der Waals surface area contributed by atoms with Gasteiger partial charge in [0.1, 0.15) is 12.6 Å². The van der Waals surface area contributed by atoms with Gasteiger partial charge >= 0.3 is 12.1 Å². The molecule has 34 heavy (non-hydrogen) atoms. The lowest BCUT2D eigenvalue weighted by atomic mass is 9.82. The predicted molar refractivity (Wildman–Crippen MR) is 126 cm³/mol. The van der Waals surface area contributed by atoms with Gasteiger partial charge in [0.05, 0.1) is 5.41 Å². The molecule has 2 aromatic carbocycles. The number of rotatable bonds is 6. The Kier molecular flexibility index (Phi) is 5.80. The van der Waals surface area contributed by atoms with Gasteiger partial charge in [-0.25, -0.2) is 4.79 Å². The number of carbonyl (C=O) groups excluding carboxylic acids is 2. The lowest BCUT2D eigenvalue weighted by Crippen LogP contribution is -2.51. The van der Waals surface area contributed by atoms with E-state index in [1.165, 1.54) is 0 Å². The van der Waals surface area contributed by atoms with Crippen molar-refractivity contribution in [2.24, 2.45) is 5.41 Å². The highest BCUT2D eigenvalue weighted by Gasteiger charge is 2.57. The largest absolute Gasteiger partial charge is 0.481 e. The molecular weight excluding hydrogens is 432 g/mol. The quantitative estimate of drug-likeness (QED) is 0.672. The van der Waals surface area contributed by atoms with Crippen molar-refractivity contribution >= 4 is 18.0 Å². The number of fused-ring (bicyclic) bond motifs is 4. The van der Waals surface area contributed by atoms with E-state index >= 15 is 0 Å². The van der Waals surface area contributed by atoms with E-state index in [1.54, 1.807) is 4.90 Å². The molecular formula is C27H30N2O5. The molecule has 2 aromatic rings.